The van der Waals surface area contributed by atoms with Gasteiger partial charge >= 0.3 is 0 Å². The molecule has 0 aliphatic heterocycles. The molecule has 4 nitrogen and oxygen atoms in total. The molecule has 19 heavy (non-hydrogen) atoms. The van der Waals surface area contributed by atoms with Crippen LogP contribution in [-0.2, 0) is 11.3 Å². The number of carbonyl (C=O) groups is 1. The first kappa shape index (κ1) is 13.1. The average molecular weight is 256 g/mol. The highest BCUT2D eigenvalue weighted by molar-refractivity contribution is 5.90. The van der Waals surface area contributed by atoms with E-state index < -0.39 is 0 Å². The molecule has 0 aliphatic rings. The average Bonchev–Trinajstić information content (AvgIpc) is 2.34. The summed E-state index contributed by atoms with van der Waals surface area (Å²) in [4.78, 5) is 23.5. The van der Waals surface area contributed by atoms with Gasteiger partial charge in [0.05, 0.1) is 0 Å². The van der Waals surface area contributed by atoms with E-state index in [9.17, 15) is 9.59 Å². The molecular weight excluding hydrogens is 240 g/mol. The van der Waals surface area contributed by atoms with Gasteiger partial charge in [-0.1, -0.05) is 18.2 Å². The summed E-state index contributed by atoms with van der Waals surface area (Å²) < 4.78 is 1.40. The van der Waals surface area contributed by atoms with Gasteiger partial charge in [0.1, 0.15) is 6.54 Å². The van der Waals surface area contributed by atoms with E-state index in [4.69, 9.17) is 0 Å². The fourth-order valence-electron chi connectivity index (χ4n) is 1.85. The van der Waals surface area contributed by atoms with Crippen molar-refractivity contribution < 1.29 is 4.79 Å². The minimum absolute atomic E-state index is 0.0223. The van der Waals surface area contributed by atoms with Crippen LogP contribution in [0.25, 0.3) is 0 Å². The molecule has 4 heteroatoms. The third-order valence-corrected chi connectivity index (χ3v) is 2.75. The van der Waals surface area contributed by atoms with Crippen LogP contribution in [0.5, 0.6) is 0 Å². The maximum atomic E-state index is 11.9. The van der Waals surface area contributed by atoms with Gasteiger partial charge in [0.2, 0.25) is 5.91 Å². The Morgan fingerprint density at radius 1 is 1.16 bits per heavy atom. The van der Waals surface area contributed by atoms with E-state index in [-0.39, 0.29) is 18.0 Å². The number of aryl methyl sites for hydroxylation is 2. The van der Waals surface area contributed by atoms with Crippen LogP contribution in [0.3, 0.4) is 0 Å². The highest BCUT2D eigenvalue weighted by atomic mass is 16.2. The summed E-state index contributed by atoms with van der Waals surface area (Å²) in [5.74, 6) is -0.210. The lowest BCUT2D eigenvalue weighted by atomic mass is 10.2. The normalized spacial score (nSPS) is 10.2. The molecule has 0 saturated carbocycles. The summed E-state index contributed by atoms with van der Waals surface area (Å²) in [6.07, 6.45) is 1.68. The highest BCUT2D eigenvalue weighted by Crippen LogP contribution is 2.09. The molecule has 2 rings (SSSR count). The number of benzene rings is 1. The molecule has 1 N–H and O–H groups in total. The Hall–Kier alpha value is -2.36. The van der Waals surface area contributed by atoms with E-state index in [2.05, 4.69) is 5.32 Å². The molecule has 0 atom stereocenters. The second kappa shape index (κ2) is 5.52. The molecule has 1 heterocycles. The number of rotatable bonds is 3. The van der Waals surface area contributed by atoms with Crippen molar-refractivity contribution >= 4 is 11.6 Å². The molecule has 1 amide bonds. The monoisotopic (exact) mass is 256 g/mol. The van der Waals surface area contributed by atoms with Crippen LogP contribution in [-0.4, -0.2) is 10.5 Å². The molecule has 2 aromatic rings. The maximum absolute atomic E-state index is 11.9. The number of nitrogens with one attached hydrogen (secondary N) is 1. The number of hydrogen-bond acceptors (Lipinski definition) is 2. The summed E-state index contributed by atoms with van der Waals surface area (Å²) in [6.45, 7) is 3.86. The van der Waals surface area contributed by atoms with Gasteiger partial charge in [0, 0.05) is 18.0 Å². The van der Waals surface area contributed by atoms with E-state index in [1.54, 1.807) is 12.3 Å². The van der Waals surface area contributed by atoms with Crippen molar-refractivity contribution in [1.29, 1.82) is 0 Å². The van der Waals surface area contributed by atoms with Gasteiger partial charge in [0.25, 0.3) is 5.56 Å². The quantitative estimate of drug-likeness (QED) is 0.914. The van der Waals surface area contributed by atoms with E-state index in [0.717, 1.165) is 16.8 Å². The lowest BCUT2D eigenvalue weighted by Crippen LogP contribution is -2.26. The lowest BCUT2D eigenvalue weighted by Gasteiger charge is -2.08. The molecule has 0 spiro atoms. The van der Waals surface area contributed by atoms with Gasteiger partial charge in [-0.05, 0) is 37.1 Å². The molecule has 98 valence electrons. The fourth-order valence-corrected chi connectivity index (χ4v) is 1.85. The lowest BCUT2D eigenvalue weighted by molar-refractivity contribution is -0.116. The highest BCUT2D eigenvalue weighted by Gasteiger charge is 2.05. The van der Waals surface area contributed by atoms with Gasteiger partial charge < -0.3 is 9.88 Å². The summed E-state index contributed by atoms with van der Waals surface area (Å²) in [5.41, 5.74) is 2.59. The van der Waals surface area contributed by atoms with Crippen molar-refractivity contribution in [2.45, 2.75) is 20.4 Å². The Morgan fingerprint density at radius 2 is 1.95 bits per heavy atom. The zero-order chi connectivity index (χ0) is 13.8. The Balaban J connectivity index is 2.09. The van der Waals surface area contributed by atoms with Gasteiger partial charge in [-0.2, -0.15) is 0 Å². The predicted octanol–water partition coefficient (Wildman–Crippen LogP) is 2.10. The largest absolute Gasteiger partial charge is 0.325 e. The summed E-state index contributed by atoms with van der Waals surface area (Å²) >= 11 is 0. The molecule has 0 fully saturated rings. The van der Waals surface area contributed by atoms with Crippen LogP contribution in [0.1, 0.15) is 11.1 Å². The molecule has 1 aromatic heterocycles. The zero-order valence-corrected chi connectivity index (χ0v) is 11.0. The van der Waals surface area contributed by atoms with E-state index in [1.165, 1.54) is 10.6 Å². The van der Waals surface area contributed by atoms with Crippen LogP contribution in [0.15, 0.2) is 47.4 Å². The number of aromatic nitrogens is 1. The third-order valence-electron chi connectivity index (χ3n) is 2.75. The van der Waals surface area contributed by atoms with Crippen LogP contribution >= 0.6 is 0 Å². The van der Waals surface area contributed by atoms with Crippen molar-refractivity contribution in [3.05, 3.63) is 64.1 Å². The van der Waals surface area contributed by atoms with Crippen molar-refractivity contribution in [3.63, 3.8) is 0 Å². The van der Waals surface area contributed by atoms with Crippen LogP contribution in [0, 0.1) is 13.8 Å². The Kier molecular flexibility index (Phi) is 3.80. The summed E-state index contributed by atoms with van der Waals surface area (Å²) in [7, 11) is 0. The minimum atomic E-state index is -0.210. The summed E-state index contributed by atoms with van der Waals surface area (Å²) in [5, 5.41) is 2.78. The van der Waals surface area contributed by atoms with Crippen molar-refractivity contribution in [2.75, 3.05) is 5.32 Å². The Morgan fingerprint density at radius 3 is 2.68 bits per heavy atom. The Bertz CT molecular complexity index is 659. The van der Waals surface area contributed by atoms with Crippen LogP contribution in [0.4, 0.5) is 5.69 Å². The second-order valence-corrected chi connectivity index (χ2v) is 4.59. The minimum Gasteiger partial charge on any atom is -0.325 e. The van der Waals surface area contributed by atoms with Gasteiger partial charge in [0.15, 0.2) is 0 Å². The predicted molar refractivity (Wildman–Crippen MR) is 75.2 cm³/mol. The molecule has 0 radical (unpaired) electrons. The summed E-state index contributed by atoms with van der Waals surface area (Å²) in [6, 6.07) is 10.7. The van der Waals surface area contributed by atoms with E-state index in [0.29, 0.717) is 0 Å². The van der Waals surface area contributed by atoms with Gasteiger partial charge in [-0.3, -0.25) is 9.59 Å². The van der Waals surface area contributed by atoms with Crippen LogP contribution < -0.4 is 10.9 Å². The van der Waals surface area contributed by atoms with Crippen molar-refractivity contribution in [1.82, 2.24) is 4.57 Å². The number of nitrogens with zero attached hydrogens (tertiary/aromatic N) is 1. The van der Waals surface area contributed by atoms with Gasteiger partial charge in [-0.15, -0.1) is 0 Å². The molecule has 0 aliphatic carbocycles. The zero-order valence-electron chi connectivity index (χ0n) is 11.0. The number of pyridine rings is 1. The number of anilines is 1. The third kappa shape index (κ3) is 3.55. The van der Waals surface area contributed by atoms with Gasteiger partial charge in [-0.25, -0.2) is 0 Å². The molecular formula is C15H16N2O2. The van der Waals surface area contributed by atoms with E-state index >= 15 is 0 Å². The number of hydrogen-bond donors (Lipinski definition) is 1. The van der Waals surface area contributed by atoms with E-state index in [1.807, 2.05) is 38.1 Å². The fraction of sp³-hybridized carbons (Fsp3) is 0.200. The first-order valence-electron chi connectivity index (χ1n) is 6.08. The smallest absolute Gasteiger partial charge is 0.251 e. The standard InChI is InChI=1S/C15H16N2O2/c1-11-4-3-5-13(8-11)16-14(18)10-17-9-12(2)6-7-15(17)19/h3-9H,10H2,1-2H3,(H,16,18). The Labute approximate surface area is 111 Å². The maximum Gasteiger partial charge on any atom is 0.251 e. The SMILES string of the molecule is Cc1cccc(NC(=O)Cn2cc(C)ccc2=O)c1. The van der Waals surface area contributed by atoms with Crippen molar-refractivity contribution in [2.24, 2.45) is 0 Å². The van der Waals surface area contributed by atoms with Crippen molar-refractivity contribution in [3.8, 4) is 0 Å². The molecule has 0 saturated heterocycles. The van der Waals surface area contributed by atoms with Crippen LogP contribution in [0.2, 0.25) is 0 Å². The number of carbonyl (C=O) groups excluding carboxylic acids is 1. The number of amides is 1. The molecule has 1 aromatic carbocycles. The second-order valence-electron chi connectivity index (χ2n) is 4.59. The molecule has 0 bridgehead atoms. The topological polar surface area (TPSA) is 51.1 Å². The first-order chi connectivity index (χ1) is 9.04. The molecule has 0 unspecified atom stereocenters. The first-order valence-corrected chi connectivity index (χ1v) is 6.08.